The maximum atomic E-state index is 13.9. The third-order valence-electron chi connectivity index (χ3n) is 7.65. The van der Waals surface area contributed by atoms with Gasteiger partial charge in [-0.05, 0) is 70.4 Å². The van der Waals surface area contributed by atoms with Crippen molar-refractivity contribution in [3.05, 3.63) is 69.0 Å². The van der Waals surface area contributed by atoms with E-state index in [9.17, 15) is 24.0 Å². The third kappa shape index (κ3) is 5.67. The number of nitrogens with zero attached hydrogens (tertiary/aromatic N) is 2. The van der Waals surface area contributed by atoms with Crippen molar-refractivity contribution in [3.63, 3.8) is 0 Å². The average molecular weight is 619 g/mol. The van der Waals surface area contributed by atoms with Gasteiger partial charge < -0.3 is 28.3 Å². The van der Waals surface area contributed by atoms with Gasteiger partial charge in [0.2, 0.25) is 5.60 Å². The fraction of sp³-hybridized carbons (Fsp3) is 0.394. The molecule has 0 bridgehead atoms. The van der Waals surface area contributed by atoms with E-state index in [0.717, 1.165) is 16.5 Å². The number of rotatable bonds is 7. The molecule has 5 rings (SSSR count). The summed E-state index contributed by atoms with van der Waals surface area (Å²) >= 11 is 0. The molecule has 12 heteroatoms. The molecule has 0 saturated heterocycles. The van der Waals surface area contributed by atoms with Crippen molar-refractivity contribution in [1.29, 1.82) is 0 Å². The maximum absolute atomic E-state index is 13.9. The first kappa shape index (κ1) is 31.4. The lowest BCUT2D eigenvalue weighted by Crippen LogP contribution is -2.48. The lowest BCUT2D eigenvalue weighted by atomic mass is 9.85. The number of aryl methyl sites for hydroxylation is 1. The molecule has 0 amide bonds. The molecule has 2 aromatic heterocycles. The Morgan fingerprint density at radius 1 is 1.11 bits per heavy atom. The van der Waals surface area contributed by atoms with E-state index < -0.39 is 47.4 Å². The van der Waals surface area contributed by atoms with Crippen LogP contribution in [-0.2, 0) is 58.5 Å². The molecule has 0 saturated carbocycles. The number of cyclic esters (lactones) is 1. The molecular weight excluding hydrogens is 584 g/mol. The quantitative estimate of drug-likeness (QED) is 0.124. The highest BCUT2D eigenvalue weighted by Crippen LogP contribution is 2.42. The molecule has 2 aliphatic rings. The van der Waals surface area contributed by atoms with Crippen LogP contribution >= 0.6 is 0 Å². The van der Waals surface area contributed by atoms with Crippen LogP contribution in [0.25, 0.3) is 22.3 Å². The third-order valence-corrected chi connectivity index (χ3v) is 7.65. The Morgan fingerprint density at radius 3 is 2.49 bits per heavy atom. The van der Waals surface area contributed by atoms with Gasteiger partial charge in [0.15, 0.2) is 6.61 Å². The second-order valence-electron chi connectivity index (χ2n) is 11.9. The summed E-state index contributed by atoms with van der Waals surface area (Å²) in [4.78, 5) is 68.9. The molecular formula is C33H34N2O10. The largest absolute Gasteiger partial charge is 0.514 e. The van der Waals surface area contributed by atoms with E-state index in [-0.39, 0.29) is 42.0 Å². The van der Waals surface area contributed by atoms with E-state index in [0.29, 0.717) is 23.3 Å². The van der Waals surface area contributed by atoms with Crippen LogP contribution in [0.15, 0.2) is 41.2 Å². The minimum absolute atomic E-state index is 0.0411. The number of carbonyl (C=O) groups excluding carboxylic acids is 4. The summed E-state index contributed by atoms with van der Waals surface area (Å²) in [7, 11) is 0. The minimum atomic E-state index is -1.93. The summed E-state index contributed by atoms with van der Waals surface area (Å²) in [5, 5.41) is 0.752. The van der Waals surface area contributed by atoms with Crippen LogP contribution in [-0.4, -0.2) is 45.8 Å². The Kier molecular flexibility index (Phi) is 8.03. The van der Waals surface area contributed by atoms with Gasteiger partial charge in [0.05, 0.1) is 29.0 Å². The van der Waals surface area contributed by atoms with Crippen molar-refractivity contribution in [1.82, 2.24) is 9.55 Å². The van der Waals surface area contributed by atoms with Crippen LogP contribution in [0.4, 0.5) is 4.79 Å². The number of fused-ring (bicyclic) bond motifs is 5. The first-order valence-corrected chi connectivity index (χ1v) is 14.5. The lowest BCUT2D eigenvalue weighted by molar-refractivity contribution is -0.192. The van der Waals surface area contributed by atoms with Crippen LogP contribution in [0.2, 0.25) is 0 Å². The van der Waals surface area contributed by atoms with Gasteiger partial charge in [-0.1, -0.05) is 20.4 Å². The predicted molar refractivity (Wildman–Crippen MR) is 160 cm³/mol. The molecule has 3 aromatic rings. The van der Waals surface area contributed by atoms with Gasteiger partial charge >= 0.3 is 24.1 Å². The van der Waals surface area contributed by atoms with E-state index in [1.165, 1.54) is 6.92 Å². The Labute approximate surface area is 258 Å². The maximum Gasteiger partial charge on any atom is 0.514 e. The van der Waals surface area contributed by atoms with Crippen molar-refractivity contribution < 1.29 is 42.9 Å². The summed E-state index contributed by atoms with van der Waals surface area (Å²) < 4.78 is 28.2. The van der Waals surface area contributed by atoms with Gasteiger partial charge in [0.25, 0.3) is 5.56 Å². The molecule has 12 nitrogen and oxygen atoms in total. The lowest BCUT2D eigenvalue weighted by Gasteiger charge is -2.35. The van der Waals surface area contributed by atoms with Crippen molar-refractivity contribution >= 4 is 35.0 Å². The average Bonchev–Trinajstić information content (AvgIpc) is 3.33. The Bertz CT molecular complexity index is 1850. The topological polar surface area (TPSA) is 149 Å². The first-order chi connectivity index (χ1) is 21.2. The highest BCUT2D eigenvalue weighted by molar-refractivity contribution is 5.92. The first-order valence-electron chi connectivity index (χ1n) is 14.5. The van der Waals surface area contributed by atoms with E-state index in [4.69, 9.17) is 28.7 Å². The normalized spacial score (nSPS) is 16.6. The molecule has 45 heavy (non-hydrogen) atoms. The molecule has 236 valence electrons. The van der Waals surface area contributed by atoms with Gasteiger partial charge in [-0.3, -0.25) is 4.79 Å². The molecule has 0 fully saturated rings. The number of carbonyl (C=O) groups is 4. The molecule has 0 aliphatic carbocycles. The van der Waals surface area contributed by atoms with Crippen molar-refractivity contribution in [2.45, 2.75) is 78.7 Å². The van der Waals surface area contributed by atoms with Crippen molar-refractivity contribution in [3.8, 4) is 17.1 Å². The molecule has 2 aliphatic heterocycles. The zero-order valence-electron chi connectivity index (χ0n) is 26.0. The molecule has 0 radical (unpaired) electrons. The highest BCUT2D eigenvalue weighted by atomic mass is 16.7. The fourth-order valence-electron chi connectivity index (χ4n) is 5.60. The minimum Gasteiger partial charge on any atom is -0.457 e. The number of hydrogen-bond donors (Lipinski definition) is 0. The Hall–Kier alpha value is -5.00. The van der Waals surface area contributed by atoms with Crippen LogP contribution < -0.4 is 10.3 Å². The number of pyridine rings is 2. The molecule has 1 atom stereocenters. The summed E-state index contributed by atoms with van der Waals surface area (Å²) in [5.74, 6) is -2.32. The Balaban J connectivity index is 1.57. The van der Waals surface area contributed by atoms with Crippen molar-refractivity contribution in [2.24, 2.45) is 0 Å². The second-order valence-corrected chi connectivity index (χ2v) is 11.9. The SMILES string of the molecule is C=C(C)C(=O)OCC(=O)O[C@]1(CC)C(=O)OCc2c1cc1n(c2=O)Cc2c-1nc1ccc(OC(=O)OC(C)(C)C)cc1c2CC. The summed E-state index contributed by atoms with van der Waals surface area (Å²) in [6, 6.07) is 6.70. The van der Waals surface area contributed by atoms with E-state index >= 15 is 0 Å². The molecule has 4 heterocycles. The van der Waals surface area contributed by atoms with Gasteiger partial charge in [0.1, 0.15) is 18.0 Å². The molecule has 1 aromatic carbocycles. The zero-order chi connectivity index (χ0) is 32.8. The standard InChI is InChI=1S/C33H34N2O10/c1-8-19-20-12-18(43-31(40)45-32(5,6)7)10-11-24(20)34-27-21(19)14-35-25(27)13-23-22(28(35)37)15-42-30(39)33(23,9-2)44-26(36)16-41-29(38)17(3)4/h10-13H,3,8-9,14-16H2,1-2,4-7H3/t33-/m0/s1. The fourth-order valence-corrected chi connectivity index (χ4v) is 5.60. The van der Waals surface area contributed by atoms with E-state index in [1.807, 2.05) is 6.92 Å². The van der Waals surface area contributed by atoms with E-state index in [1.54, 1.807) is 56.5 Å². The van der Waals surface area contributed by atoms with Crippen LogP contribution in [0.1, 0.15) is 70.2 Å². The number of esters is 3. The smallest absolute Gasteiger partial charge is 0.457 e. The van der Waals surface area contributed by atoms with Crippen LogP contribution in [0, 0.1) is 0 Å². The second kappa shape index (κ2) is 11.5. The predicted octanol–water partition coefficient (Wildman–Crippen LogP) is 4.63. The van der Waals surface area contributed by atoms with E-state index in [2.05, 4.69) is 6.58 Å². The van der Waals surface area contributed by atoms with Crippen molar-refractivity contribution in [2.75, 3.05) is 6.61 Å². The monoisotopic (exact) mass is 618 g/mol. The van der Waals surface area contributed by atoms with Gasteiger partial charge in [-0.2, -0.15) is 0 Å². The van der Waals surface area contributed by atoms with Gasteiger partial charge in [-0.25, -0.2) is 24.2 Å². The van der Waals surface area contributed by atoms with Crippen LogP contribution in [0.5, 0.6) is 5.75 Å². The molecule has 0 N–H and O–H groups in total. The summed E-state index contributed by atoms with van der Waals surface area (Å²) in [5.41, 5.74) is 0.727. The number of aromatic nitrogens is 2. The number of hydrogen-bond acceptors (Lipinski definition) is 11. The molecule has 0 spiro atoms. The summed E-state index contributed by atoms with van der Waals surface area (Å²) in [6.07, 6.45) is -0.286. The number of benzene rings is 1. The highest BCUT2D eigenvalue weighted by Gasteiger charge is 2.50. The molecule has 0 unspecified atom stereocenters. The van der Waals surface area contributed by atoms with Gasteiger partial charge in [0, 0.05) is 22.1 Å². The zero-order valence-corrected chi connectivity index (χ0v) is 26.0. The number of ether oxygens (including phenoxy) is 5. The summed E-state index contributed by atoms with van der Waals surface area (Å²) in [6.45, 7) is 12.9. The van der Waals surface area contributed by atoms with Crippen LogP contribution in [0.3, 0.4) is 0 Å². The Morgan fingerprint density at radius 2 is 1.84 bits per heavy atom. The van der Waals surface area contributed by atoms with Gasteiger partial charge in [-0.15, -0.1) is 0 Å².